The summed E-state index contributed by atoms with van der Waals surface area (Å²) in [5.41, 5.74) is 2.16. The summed E-state index contributed by atoms with van der Waals surface area (Å²) < 4.78 is 0. The van der Waals surface area contributed by atoms with Crippen LogP contribution in [0.15, 0.2) is 29.3 Å². The summed E-state index contributed by atoms with van der Waals surface area (Å²) in [5.74, 6) is 0.0450. The third-order valence-electron chi connectivity index (χ3n) is 1.92. The molecule has 0 fully saturated rings. The quantitative estimate of drug-likeness (QED) is 0.667. The van der Waals surface area contributed by atoms with E-state index in [1.165, 1.54) is 5.56 Å². The standard InChI is InChI=1S/C12H14N2/c1-10-4-3-5-12(8-10)14-7-6-11(2)9-13/h3-5,7-8,11H,6H2,1-2H3. The van der Waals surface area contributed by atoms with Crippen molar-refractivity contribution < 1.29 is 0 Å². The molecule has 0 radical (unpaired) electrons. The first kappa shape index (κ1) is 10.5. The topological polar surface area (TPSA) is 36.1 Å². The summed E-state index contributed by atoms with van der Waals surface area (Å²) in [6, 6.07) is 10.2. The number of benzene rings is 1. The first-order valence-electron chi connectivity index (χ1n) is 4.71. The predicted octanol–water partition coefficient (Wildman–Crippen LogP) is 3.25. The van der Waals surface area contributed by atoms with Gasteiger partial charge in [0.1, 0.15) is 0 Å². The van der Waals surface area contributed by atoms with Crippen LogP contribution in [0.5, 0.6) is 0 Å². The van der Waals surface area contributed by atoms with Crippen LogP contribution in [0.1, 0.15) is 18.9 Å². The highest BCUT2D eigenvalue weighted by molar-refractivity contribution is 5.63. The molecule has 0 N–H and O–H groups in total. The van der Waals surface area contributed by atoms with Gasteiger partial charge < -0.3 is 0 Å². The third-order valence-corrected chi connectivity index (χ3v) is 1.92. The Kier molecular flexibility index (Phi) is 3.87. The predicted molar refractivity (Wildman–Crippen MR) is 58.7 cm³/mol. The highest BCUT2D eigenvalue weighted by atomic mass is 14.7. The molecule has 1 aromatic carbocycles. The van der Waals surface area contributed by atoms with Gasteiger partial charge in [0.15, 0.2) is 0 Å². The average Bonchev–Trinajstić information content (AvgIpc) is 2.17. The number of hydrogen-bond donors (Lipinski definition) is 0. The number of aryl methyl sites for hydroxylation is 1. The number of nitriles is 1. The Balaban J connectivity index is 2.57. The van der Waals surface area contributed by atoms with Gasteiger partial charge in [-0.1, -0.05) is 12.1 Å². The second-order valence-corrected chi connectivity index (χ2v) is 3.42. The van der Waals surface area contributed by atoms with Crippen molar-refractivity contribution in [1.29, 1.82) is 5.26 Å². The molecule has 0 heterocycles. The van der Waals surface area contributed by atoms with Gasteiger partial charge in [-0.2, -0.15) is 5.26 Å². The normalized spacial score (nSPS) is 12.6. The van der Waals surface area contributed by atoms with E-state index in [0.717, 1.165) is 5.69 Å². The molecule has 0 spiro atoms. The van der Waals surface area contributed by atoms with Crippen molar-refractivity contribution in [1.82, 2.24) is 0 Å². The van der Waals surface area contributed by atoms with E-state index in [4.69, 9.17) is 5.26 Å². The van der Waals surface area contributed by atoms with Crippen LogP contribution in [0.25, 0.3) is 0 Å². The minimum Gasteiger partial charge on any atom is -0.261 e. The highest BCUT2D eigenvalue weighted by Gasteiger charge is 1.94. The molecule has 1 aromatic rings. The Labute approximate surface area is 84.9 Å². The molecule has 2 heteroatoms. The van der Waals surface area contributed by atoms with Crippen molar-refractivity contribution in [2.24, 2.45) is 10.9 Å². The Morgan fingerprint density at radius 3 is 3.00 bits per heavy atom. The lowest BCUT2D eigenvalue weighted by Crippen LogP contribution is -1.89. The molecule has 0 bridgehead atoms. The lowest BCUT2D eigenvalue weighted by atomic mass is 10.1. The fourth-order valence-electron chi connectivity index (χ4n) is 1.08. The van der Waals surface area contributed by atoms with E-state index in [-0.39, 0.29) is 5.92 Å². The molecule has 0 saturated carbocycles. The molecule has 0 aliphatic carbocycles. The van der Waals surface area contributed by atoms with Crippen LogP contribution in [0.3, 0.4) is 0 Å². The van der Waals surface area contributed by atoms with Crippen molar-refractivity contribution in [3.05, 3.63) is 29.8 Å². The van der Waals surface area contributed by atoms with Crippen molar-refractivity contribution in [3.8, 4) is 6.07 Å². The monoisotopic (exact) mass is 186 g/mol. The molecule has 1 unspecified atom stereocenters. The SMILES string of the molecule is Cc1cccc(N=CCC(C)C#N)c1. The van der Waals surface area contributed by atoms with Crippen molar-refractivity contribution in [2.45, 2.75) is 20.3 Å². The van der Waals surface area contributed by atoms with Crippen molar-refractivity contribution in [3.63, 3.8) is 0 Å². The lowest BCUT2D eigenvalue weighted by molar-refractivity contribution is 0.794. The summed E-state index contributed by atoms with van der Waals surface area (Å²) in [6.07, 6.45) is 2.52. The molecule has 72 valence electrons. The zero-order valence-corrected chi connectivity index (χ0v) is 8.57. The average molecular weight is 186 g/mol. The highest BCUT2D eigenvalue weighted by Crippen LogP contribution is 2.13. The van der Waals surface area contributed by atoms with Gasteiger partial charge in [-0.05, 0) is 38.0 Å². The molecular weight excluding hydrogens is 172 g/mol. The van der Waals surface area contributed by atoms with Crippen LogP contribution >= 0.6 is 0 Å². The fraction of sp³-hybridized carbons (Fsp3) is 0.333. The van der Waals surface area contributed by atoms with Gasteiger partial charge in [0.25, 0.3) is 0 Å². The van der Waals surface area contributed by atoms with Gasteiger partial charge in [0.2, 0.25) is 0 Å². The number of hydrogen-bond acceptors (Lipinski definition) is 2. The first-order valence-corrected chi connectivity index (χ1v) is 4.71. The molecule has 0 saturated heterocycles. The summed E-state index contributed by atoms with van der Waals surface area (Å²) in [7, 11) is 0. The second-order valence-electron chi connectivity index (χ2n) is 3.42. The van der Waals surface area contributed by atoms with Crippen LogP contribution < -0.4 is 0 Å². The largest absolute Gasteiger partial charge is 0.261 e. The van der Waals surface area contributed by atoms with Gasteiger partial charge in [0, 0.05) is 12.1 Å². The van der Waals surface area contributed by atoms with E-state index in [9.17, 15) is 0 Å². The van der Waals surface area contributed by atoms with E-state index >= 15 is 0 Å². The zero-order chi connectivity index (χ0) is 10.4. The first-order chi connectivity index (χ1) is 6.72. The van der Waals surface area contributed by atoms with Gasteiger partial charge in [-0.25, -0.2) is 0 Å². The molecule has 0 aliphatic heterocycles. The van der Waals surface area contributed by atoms with Crippen molar-refractivity contribution >= 4 is 11.9 Å². The van der Waals surface area contributed by atoms with E-state index in [0.29, 0.717) is 6.42 Å². The Morgan fingerprint density at radius 1 is 1.57 bits per heavy atom. The summed E-state index contributed by atoms with van der Waals surface area (Å²) >= 11 is 0. The molecular formula is C12H14N2. The van der Waals surface area contributed by atoms with E-state index in [2.05, 4.69) is 11.1 Å². The molecule has 0 amide bonds. The van der Waals surface area contributed by atoms with Crippen LogP contribution in [0.4, 0.5) is 5.69 Å². The van der Waals surface area contributed by atoms with Crippen molar-refractivity contribution in [2.75, 3.05) is 0 Å². The molecule has 0 aliphatic rings. The number of nitrogens with zero attached hydrogens (tertiary/aromatic N) is 2. The molecule has 1 atom stereocenters. The second kappa shape index (κ2) is 5.18. The minimum absolute atomic E-state index is 0.0450. The summed E-state index contributed by atoms with van der Waals surface area (Å²) in [5, 5.41) is 8.56. The molecule has 2 nitrogen and oxygen atoms in total. The van der Waals surface area contributed by atoms with Gasteiger partial charge >= 0.3 is 0 Å². The summed E-state index contributed by atoms with van der Waals surface area (Å²) in [6.45, 7) is 3.93. The summed E-state index contributed by atoms with van der Waals surface area (Å²) in [4.78, 5) is 4.28. The molecule has 14 heavy (non-hydrogen) atoms. The number of rotatable bonds is 3. The smallest absolute Gasteiger partial charge is 0.0656 e. The van der Waals surface area contributed by atoms with Gasteiger partial charge in [-0.15, -0.1) is 0 Å². The van der Waals surface area contributed by atoms with Gasteiger partial charge in [-0.3, -0.25) is 4.99 Å². The lowest BCUT2D eigenvalue weighted by Gasteiger charge is -1.96. The van der Waals surface area contributed by atoms with E-state index in [1.807, 2.05) is 44.3 Å². The zero-order valence-electron chi connectivity index (χ0n) is 8.57. The minimum atomic E-state index is 0.0450. The van der Waals surface area contributed by atoms with Crippen LogP contribution in [-0.2, 0) is 0 Å². The molecule has 1 rings (SSSR count). The third kappa shape index (κ3) is 3.40. The Hall–Kier alpha value is -1.62. The Morgan fingerprint density at radius 2 is 2.36 bits per heavy atom. The maximum Gasteiger partial charge on any atom is 0.0656 e. The van der Waals surface area contributed by atoms with E-state index in [1.54, 1.807) is 0 Å². The maximum atomic E-state index is 8.56. The van der Waals surface area contributed by atoms with Gasteiger partial charge in [0.05, 0.1) is 11.8 Å². The molecule has 0 aromatic heterocycles. The van der Waals surface area contributed by atoms with Crippen LogP contribution in [-0.4, -0.2) is 6.21 Å². The van der Waals surface area contributed by atoms with E-state index < -0.39 is 0 Å². The fourth-order valence-corrected chi connectivity index (χ4v) is 1.08. The number of aliphatic imine (C=N–C) groups is 1. The Bertz CT molecular complexity index is 361. The maximum absolute atomic E-state index is 8.56. The van der Waals surface area contributed by atoms with Crippen LogP contribution in [0.2, 0.25) is 0 Å². The van der Waals surface area contributed by atoms with Crippen LogP contribution in [0, 0.1) is 24.2 Å².